The van der Waals surface area contributed by atoms with Crippen LogP contribution in [0.2, 0.25) is 10.0 Å². The lowest BCUT2D eigenvalue weighted by atomic mass is 10.2. The van der Waals surface area contributed by atoms with Crippen LogP contribution >= 0.6 is 35.4 Å². The van der Waals surface area contributed by atoms with Crippen LogP contribution in [0.3, 0.4) is 0 Å². The first kappa shape index (κ1) is 15.5. The molecule has 0 aromatic heterocycles. The second kappa shape index (κ2) is 7.79. The second-order valence-corrected chi connectivity index (χ2v) is 4.97. The van der Waals surface area contributed by atoms with Crippen molar-refractivity contribution in [3.05, 3.63) is 27.7 Å². The van der Waals surface area contributed by atoms with Crippen molar-refractivity contribution < 1.29 is 4.74 Å². The number of aryl methyl sites for hydroxylation is 1. The van der Waals surface area contributed by atoms with Crippen molar-refractivity contribution in [3.8, 4) is 0 Å². The predicted octanol–water partition coefficient (Wildman–Crippen LogP) is 3.62. The highest BCUT2D eigenvalue weighted by atomic mass is 35.5. The van der Waals surface area contributed by atoms with Gasteiger partial charge in [-0.2, -0.15) is 0 Å². The van der Waals surface area contributed by atoms with Gasteiger partial charge < -0.3 is 15.4 Å². The van der Waals surface area contributed by atoms with Crippen molar-refractivity contribution in [1.82, 2.24) is 5.32 Å². The molecule has 1 rings (SSSR count). The highest BCUT2D eigenvalue weighted by Crippen LogP contribution is 2.32. The lowest BCUT2D eigenvalue weighted by Gasteiger charge is -2.14. The number of hydrogen-bond acceptors (Lipinski definition) is 2. The molecule has 0 aliphatic carbocycles. The zero-order valence-corrected chi connectivity index (χ0v) is 12.7. The van der Waals surface area contributed by atoms with Gasteiger partial charge >= 0.3 is 0 Å². The Labute approximate surface area is 123 Å². The van der Waals surface area contributed by atoms with Gasteiger partial charge in [-0.3, -0.25) is 0 Å². The summed E-state index contributed by atoms with van der Waals surface area (Å²) in [7, 11) is 1.67. The molecule has 0 aliphatic rings. The zero-order valence-electron chi connectivity index (χ0n) is 10.3. The van der Waals surface area contributed by atoms with Crippen LogP contribution < -0.4 is 10.6 Å². The molecule has 0 bridgehead atoms. The van der Waals surface area contributed by atoms with E-state index in [4.69, 9.17) is 40.2 Å². The number of hydrogen-bond donors (Lipinski definition) is 2. The summed E-state index contributed by atoms with van der Waals surface area (Å²) in [6.07, 6.45) is 0.883. The highest BCUT2D eigenvalue weighted by Gasteiger charge is 2.09. The Kier molecular flexibility index (Phi) is 6.71. The van der Waals surface area contributed by atoms with Crippen LogP contribution in [0.25, 0.3) is 0 Å². The summed E-state index contributed by atoms with van der Waals surface area (Å²) in [5.74, 6) is 0. The van der Waals surface area contributed by atoms with E-state index in [1.807, 2.05) is 13.0 Å². The van der Waals surface area contributed by atoms with Gasteiger partial charge in [-0.1, -0.05) is 29.3 Å². The van der Waals surface area contributed by atoms with Crippen LogP contribution in [0.4, 0.5) is 5.69 Å². The van der Waals surface area contributed by atoms with Crippen LogP contribution in [-0.4, -0.2) is 25.4 Å². The summed E-state index contributed by atoms with van der Waals surface area (Å²) in [6, 6.07) is 3.66. The molecule has 0 heterocycles. The van der Waals surface area contributed by atoms with E-state index in [9.17, 15) is 0 Å². The molecule has 3 nitrogen and oxygen atoms in total. The SMILES string of the molecule is COCCCNC(=S)Nc1c(Cl)ccc(C)c1Cl. The van der Waals surface area contributed by atoms with E-state index < -0.39 is 0 Å². The fraction of sp³-hybridized carbons (Fsp3) is 0.417. The molecule has 0 fully saturated rings. The Morgan fingerprint density at radius 2 is 2.11 bits per heavy atom. The second-order valence-electron chi connectivity index (χ2n) is 3.78. The molecule has 0 spiro atoms. The number of nitrogens with one attached hydrogen (secondary N) is 2. The third kappa shape index (κ3) is 4.61. The maximum atomic E-state index is 6.17. The normalized spacial score (nSPS) is 10.2. The molecule has 0 unspecified atom stereocenters. The summed E-state index contributed by atoms with van der Waals surface area (Å²) in [5, 5.41) is 7.71. The maximum absolute atomic E-state index is 6.17. The van der Waals surface area contributed by atoms with Crippen LogP contribution in [-0.2, 0) is 4.74 Å². The summed E-state index contributed by atoms with van der Waals surface area (Å²) in [4.78, 5) is 0. The van der Waals surface area contributed by atoms with Crippen molar-refractivity contribution in [2.75, 3.05) is 25.6 Å². The number of rotatable bonds is 5. The van der Waals surface area contributed by atoms with Gasteiger partial charge in [0.2, 0.25) is 0 Å². The Morgan fingerprint density at radius 1 is 1.39 bits per heavy atom. The summed E-state index contributed by atoms with van der Waals surface area (Å²) >= 11 is 17.4. The van der Waals surface area contributed by atoms with Gasteiger partial charge in [0.25, 0.3) is 0 Å². The summed E-state index contributed by atoms with van der Waals surface area (Å²) < 4.78 is 4.95. The molecule has 0 saturated heterocycles. The predicted molar refractivity (Wildman–Crippen MR) is 81.9 cm³/mol. The van der Waals surface area contributed by atoms with Gasteiger partial charge in [0.15, 0.2) is 5.11 Å². The number of thiocarbonyl (C=S) groups is 1. The maximum Gasteiger partial charge on any atom is 0.170 e. The molecule has 0 radical (unpaired) electrons. The fourth-order valence-electron chi connectivity index (χ4n) is 1.35. The minimum atomic E-state index is 0.500. The van der Waals surface area contributed by atoms with E-state index in [1.54, 1.807) is 13.2 Å². The van der Waals surface area contributed by atoms with Gasteiger partial charge in [-0.25, -0.2) is 0 Å². The highest BCUT2D eigenvalue weighted by molar-refractivity contribution is 7.80. The number of halogens is 2. The van der Waals surface area contributed by atoms with Gasteiger partial charge in [0, 0.05) is 20.3 Å². The number of anilines is 1. The molecule has 0 aliphatic heterocycles. The lowest BCUT2D eigenvalue weighted by molar-refractivity contribution is 0.196. The van der Waals surface area contributed by atoms with Gasteiger partial charge in [-0.15, -0.1) is 0 Å². The third-order valence-corrected chi connectivity index (χ3v) is 3.38. The van der Waals surface area contributed by atoms with Crippen molar-refractivity contribution >= 4 is 46.2 Å². The monoisotopic (exact) mass is 306 g/mol. The van der Waals surface area contributed by atoms with Gasteiger partial charge in [-0.05, 0) is 37.2 Å². The Balaban J connectivity index is 2.57. The van der Waals surface area contributed by atoms with E-state index in [1.165, 1.54) is 0 Å². The number of methoxy groups -OCH3 is 1. The first-order valence-corrected chi connectivity index (χ1v) is 6.71. The van der Waals surface area contributed by atoms with E-state index in [2.05, 4.69) is 10.6 Å². The van der Waals surface area contributed by atoms with Crippen molar-refractivity contribution in [3.63, 3.8) is 0 Å². The minimum absolute atomic E-state index is 0.500. The Hall–Kier alpha value is -0.550. The van der Waals surface area contributed by atoms with Crippen LogP contribution in [0.5, 0.6) is 0 Å². The molecule has 0 amide bonds. The molecular formula is C12H16Cl2N2OS. The molecule has 0 atom stereocenters. The smallest absolute Gasteiger partial charge is 0.170 e. The van der Waals surface area contributed by atoms with Crippen molar-refractivity contribution in [2.45, 2.75) is 13.3 Å². The first-order chi connectivity index (χ1) is 8.56. The van der Waals surface area contributed by atoms with Crippen molar-refractivity contribution in [2.24, 2.45) is 0 Å². The zero-order chi connectivity index (χ0) is 13.5. The summed E-state index contributed by atoms with van der Waals surface area (Å²) in [5.41, 5.74) is 1.59. The van der Waals surface area contributed by atoms with Crippen LogP contribution in [0, 0.1) is 6.92 Å². The van der Waals surface area contributed by atoms with E-state index >= 15 is 0 Å². The first-order valence-electron chi connectivity index (χ1n) is 5.54. The molecular weight excluding hydrogens is 291 g/mol. The van der Waals surface area contributed by atoms with Gasteiger partial charge in [0.1, 0.15) is 0 Å². The molecule has 1 aromatic carbocycles. The number of benzene rings is 1. The Bertz CT molecular complexity index is 427. The third-order valence-electron chi connectivity index (χ3n) is 2.33. The minimum Gasteiger partial charge on any atom is -0.385 e. The van der Waals surface area contributed by atoms with Crippen LogP contribution in [0.1, 0.15) is 12.0 Å². The van der Waals surface area contributed by atoms with Gasteiger partial charge in [0.05, 0.1) is 15.7 Å². The van der Waals surface area contributed by atoms with Crippen LogP contribution in [0.15, 0.2) is 12.1 Å². The molecule has 0 saturated carbocycles. The fourth-order valence-corrected chi connectivity index (χ4v) is 2.02. The van der Waals surface area contributed by atoms with E-state index in [0.29, 0.717) is 27.5 Å². The standard InChI is InChI=1S/C12H16Cl2N2OS/c1-8-4-5-9(13)11(10(8)14)16-12(18)15-6-3-7-17-2/h4-5H,3,6-7H2,1-2H3,(H2,15,16,18). The molecule has 18 heavy (non-hydrogen) atoms. The molecule has 6 heteroatoms. The quantitative estimate of drug-likeness (QED) is 0.643. The summed E-state index contributed by atoms with van der Waals surface area (Å²) in [6.45, 7) is 3.35. The van der Waals surface area contributed by atoms with Crippen molar-refractivity contribution in [1.29, 1.82) is 0 Å². The number of ether oxygens (including phenoxy) is 1. The topological polar surface area (TPSA) is 33.3 Å². The Morgan fingerprint density at radius 3 is 2.78 bits per heavy atom. The molecule has 100 valence electrons. The average molecular weight is 307 g/mol. The lowest BCUT2D eigenvalue weighted by Crippen LogP contribution is -2.30. The molecule has 1 aromatic rings. The average Bonchev–Trinajstić information content (AvgIpc) is 2.35. The van der Waals surface area contributed by atoms with E-state index in [-0.39, 0.29) is 0 Å². The largest absolute Gasteiger partial charge is 0.385 e. The van der Waals surface area contributed by atoms with E-state index in [0.717, 1.165) is 18.5 Å². The molecule has 2 N–H and O–H groups in total.